The Morgan fingerprint density at radius 2 is 1.41 bits per heavy atom. The molecule has 148 valence electrons. The summed E-state index contributed by atoms with van der Waals surface area (Å²) in [6.07, 6.45) is 3.47. The van der Waals surface area contributed by atoms with Crippen molar-refractivity contribution < 1.29 is 19.1 Å². The van der Waals surface area contributed by atoms with Crippen molar-refractivity contribution >= 4 is 34.6 Å². The number of methoxy groups -OCH3 is 2. The van der Waals surface area contributed by atoms with Gasteiger partial charge in [0.1, 0.15) is 0 Å². The predicted molar refractivity (Wildman–Crippen MR) is 114 cm³/mol. The lowest BCUT2D eigenvalue weighted by molar-refractivity contribution is -0.143. The minimum atomic E-state index is -0.744. The lowest BCUT2D eigenvalue weighted by atomic mass is 9.88. The Labute approximate surface area is 169 Å². The molecule has 0 amide bonds. The average Bonchev–Trinajstić information content (AvgIpc) is 2.75. The summed E-state index contributed by atoms with van der Waals surface area (Å²) in [5.74, 6) is -1.49. The molecule has 1 aliphatic carbocycles. The summed E-state index contributed by atoms with van der Waals surface area (Å²) >= 11 is 0. The molecular weight excluding hydrogens is 368 g/mol. The standard InChI is InChI=1S/C23H22N2O4/c1-25(2)16-11-9-15(10-12-16)24-20-14-13-19(17-7-5-6-8-18(17)20)21(22(26)28-3)23(27)29-4/h5-14H,1-4H3. The first-order valence-electron chi connectivity index (χ1n) is 9.01. The number of anilines is 1. The van der Waals surface area contributed by atoms with Gasteiger partial charge in [-0.1, -0.05) is 30.3 Å². The Morgan fingerprint density at radius 1 is 0.828 bits per heavy atom. The first-order chi connectivity index (χ1) is 14.0. The molecule has 0 atom stereocenters. The molecule has 0 fully saturated rings. The number of aliphatic imine (C=N–C) groups is 1. The van der Waals surface area contributed by atoms with Crippen molar-refractivity contribution in [1.82, 2.24) is 0 Å². The monoisotopic (exact) mass is 390 g/mol. The molecule has 0 heterocycles. The molecule has 2 aromatic carbocycles. The Hall–Kier alpha value is -3.67. The highest BCUT2D eigenvalue weighted by atomic mass is 16.5. The molecule has 2 aromatic rings. The summed E-state index contributed by atoms with van der Waals surface area (Å²) in [5.41, 5.74) is 4.44. The third-order valence-electron chi connectivity index (χ3n) is 4.57. The number of rotatable bonds is 4. The largest absolute Gasteiger partial charge is 0.465 e. The van der Waals surface area contributed by atoms with Gasteiger partial charge in [0.05, 0.1) is 25.6 Å². The summed E-state index contributed by atoms with van der Waals surface area (Å²) in [4.78, 5) is 31.2. The van der Waals surface area contributed by atoms with Gasteiger partial charge in [-0.15, -0.1) is 0 Å². The molecule has 0 unspecified atom stereocenters. The highest BCUT2D eigenvalue weighted by Gasteiger charge is 2.27. The summed E-state index contributed by atoms with van der Waals surface area (Å²) in [5, 5.41) is 0. The number of benzene rings is 2. The molecule has 3 rings (SSSR count). The van der Waals surface area contributed by atoms with Crippen LogP contribution in [0, 0.1) is 0 Å². The van der Waals surface area contributed by atoms with Gasteiger partial charge in [0.25, 0.3) is 0 Å². The average molecular weight is 390 g/mol. The molecule has 1 aliphatic rings. The first kappa shape index (κ1) is 20.1. The van der Waals surface area contributed by atoms with E-state index in [1.807, 2.05) is 67.5 Å². The molecule has 6 heteroatoms. The molecule has 0 aromatic heterocycles. The van der Waals surface area contributed by atoms with Crippen LogP contribution in [0.3, 0.4) is 0 Å². The maximum absolute atomic E-state index is 12.2. The maximum atomic E-state index is 12.2. The smallest absolute Gasteiger partial charge is 0.345 e. The van der Waals surface area contributed by atoms with Crippen molar-refractivity contribution in [3.05, 3.63) is 77.4 Å². The second-order valence-corrected chi connectivity index (χ2v) is 6.56. The topological polar surface area (TPSA) is 68.2 Å². The van der Waals surface area contributed by atoms with Crippen LogP contribution >= 0.6 is 0 Å². The lowest BCUT2D eigenvalue weighted by Crippen LogP contribution is -2.19. The van der Waals surface area contributed by atoms with Gasteiger partial charge in [0.15, 0.2) is 5.57 Å². The van der Waals surface area contributed by atoms with E-state index < -0.39 is 11.9 Å². The molecule has 0 N–H and O–H groups in total. The zero-order valence-electron chi connectivity index (χ0n) is 16.8. The molecular formula is C23H22N2O4. The van der Waals surface area contributed by atoms with E-state index in [1.54, 1.807) is 12.2 Å². The van der Waals surface area contributed by atoms with Crippen molar-refractivity contribution in [1.29, 1.82) is 0 Å². The second kappa shape index (κ2) is 8.56. The van der Waals surface area contributed by atoms with Gasteiger partial charge in [-0.3, -0.25) is 0 Å². The zero-order valence-corrected chi connectivity index (χ0v) is 16.8. The quantitative estimate of drug-likeness (QED) is 0.346. The molecule has 0 aliphatic heterocycles. The van der Waals surface area contributed by atoms with Crippen molar-refractivity contribution in [3.8, 4) is 0 Å². The van der Waals surface area contributed by atoms with Gasteiger partial charge in [0.2, 0.25) is 0 Å². The third-order valence-corrected chi connectivity index (χ3v) is 4.57. The Morgan fingerprint density at radius 3 is 1.97 bits per heavy atom. The van der Waals surface area contributed by atoms with E-state index in [0.717, 1.165) is 22.6 Å². The maximum Gasteiger partial charge on any atom is 0.345 e. The van der Waals surface area contributed by atoms with Crippen molar-refractivity contribution in [2.45, 2.75) is 0 Å². The number of carbonyl (C=O) groups is 2. The fraction of sp³-hybridized carbons (Fsp3) is 0.174. The van der Waals surface area contributed by atoms with Gasteiger partial charge in [-0.2, -0.15) is 0 Å². The number of nitrogens with zero attached hydrogens (tertiary/aromatic N) is 2. The summed E-state index contributed by atoms with van der Waals surface area (Å²) in [6.45, 7) is 0. The summed E-state index contributed by atoms with van der Waals surface area (Å²) in [6, 6.07) is 15.3. The summed E-state index contributed by atoms with van der Waals surface area (Å²) < 4.78 is 9.58. The number of allylic oxidation sites excluding steroid dienone is 3. The molecule has 0 radical (unpaired) electrons. The van der Waals surface area contributed by atoms with Crippen LogP contribution in [0.15, 0.2) is 71.2 Å². The molecule has 0 bridgehead atoms. The van der Waals surface area contributed by atoms with E-state index in [2.05, 4.69) is 0 Å². The number of fused-ring (bicyclic) bond motifs is 1. The van der Waals surface area contributed by atoms with Crippen LogP contribution in [0.5, 0.6) is 0 Å². The second-order valence-electron chi connectivity index (χ2n) is 6.56. The molecule has 0 spiro atoms. The van der Waals surface area contributed by atoms with E-state index in [1.165, 1.54) is 14.2 Å². The Kier molecular flexibility index (Phi) is 5.93. The minimum absolute atomic E-state index is 0.145. The van der Waals surface area contributed by atoms with Gasteiger partial charge >= 0.3 is 11.9 Å². The van der Waals surface area contributed by atoms with Crippen LogP contribution in [0.2, 0.25) is 0 Å². The molecule has 0 saturated heterocycles. The van der Waals surface area contributed by atoms with Crippen molar-refractivity contribution in [2.75, 3.05) is 33.2 Å². The van der Waals surface area contributed by atoms with Crippen LogP contribution in [-0.2, 0) is 19.1 Å². The molecule has 0 saturated carbocycles. The van der Waals surface area contributed by atoms with E-state index in [9.17, 15) is 9.59 Å². The van der Waals surface area contributed by atoms with Crippen LogP contribution in [0.1, 0.15) is 11.1 Å². The van der Waals surface area contributed by atoms with Crippen LogP contribution in [0.25, 0.3) is 5.57 Å². The number of esters is 2. The van der Waals surface area contributed by atoms with Crippen molar-refractivity contribution in [2.24, 2.45) is 4.99 Å². The number of carbonyl (C=O) groups excluding carboxylic acids is 2. The van der Waals surface area contributed by atoms with Crippen LogP contribution in [-0.4, -0.2) is 46.0 Å². The lowest BCUT2D eigenvalue weighted by Gasteiger charge is -2.18. The molecule has 29 heavy (non-hydrogen) atoms. The number of ether oxygens (including phenoxy) is 2. The SMILES string of the molecule is COC(=O)C(C(=O)OC)=C1C=CC(=Nc2ccc(N(C)C)cc2)c2ccccc21. The Balaban J connectivity index is 2.12. The minimum Gasteiger partial charge on any atom is -0.465 e. The van der Waals surface area contributed by atoms with Crippen molar-refractivity contribution in [3.63, 3.8) is 0 Å². The van der Waals surface area contributed by atoms with Gasteiger partial charge in [-0.25, -0.2) is 14.6 Å². The van der Waals surface area contributed by atoms with Gasteiger partial charge in [0, 0.05) is 30.9 Å². The highest BCUT2D eigenvalue weighted by molar-refractivity contribution is 6.25. The normalized spacial score (nSPS) is 13.7. The van der Waals surface area contributed by atoms with Gasteiger partial charge in [-0.05, 0) is 35.9 Å². The zero-order chi connectivity index (χ0) is 21.0. The Bertz CT molecular complexity index is 1010. The van der Waals surface area contributed by atoms with E-state index in [0.29, 0.717) is 11.1 Å². The fourth-order valence-electron chi connectivity index (χ4n) is 3.07. The predicted octanol–water partition coefficient (Wildman–Crippen LogP) is 3.54. The third kappa shape index (κ3) is 4.11. The summed E-state index contributed by atoms with van der Waals surface area (Å²) in [7, 11) is 6.42. The highest BCUT2D eigenvalue weighted by Crippen LogP contribution is 2.31. The van der Waals surface area contributed by atoms with E-state index >= 15 is 0 Å². The number of hydrogen-bond acceptors (Lipinski definition) is 6. The van der Waals surface area contributed by atoms with Crippen LogP contribution in [0.4, 0.5) is 11.4 Å². The fourth-order valence-corrected chi connectivity index (χ4v) is 3.07. The first-order valence-corrected chi connectivity index (χ1v) is 9.01. The van der Waals surface area contributed by atoms with Crippen LogP contribution < -0.4 is 4.90 Å². The van der Waals surface area contributed by atoms with Gasteiger partial charge < -0.3 is 14.4 Å². The van der Waals surface area contributed by atoms with E-state index in [4.69, 9.17) is 14.5 Å². The number of hydrogen-bond donors (Lipinski definition) is 0. The molecule has 6 nitrogen and oxygen atoms in total. The van der Waals surface area contributed by atoms with E-state index in [-0.39, 0.29) is 5.57 Å².